The van der Waals surface area contributed by atoms with Crippen LogP contribution < -0.4 is 16.1 Å². The number of aromatic nitrogens is 2. The highest BCUT2D eigenvalue weighted by Gasteiger charge is 2.21. The van der Waals surface area contributed by atoms with Gasteiger partial charge < -0.3 is 0 Å². The van der Waals surface area contributed by atoms with Crippen molar-refractivity contribution in [3.63, 3.8) is 0 Å². The highest BCUT2D eigenvalue weighted by molar-refractivity contribution is 6.31. The van der Waals surface area contributed by atoms with Gasteiger partial charge in [-0.15, -0.1) is 0 Å². The van der Waals surface area contributed by atoms with Gasteiger partial charge in [0.05, 0.1) is 29.8 Å². The summed E-state index contributed by atoms with van der Waals surface area (Å²) in [5.74, 6) is 0. The van der Waals surface area contributed by atoms with Gasteiger partial charge in [-0.3, -0.25) is 9.58 Å². The van der Waals surface area contributed by atoms with Crippen LogP contribution in [-0.2, 0) is 13.1 Å². The minimum Gasteiger partial charge on any atom is -0.287 e. The Bertz CT molecular complexity index is 1560. The Morgan fingerprint density at radius 1 is 0.750 bits per heavy atom. The van der Waals surface area contributed by atoms with E-state index in [2.05, 4.69) is 5.43 Å². The van der Waals surface area contributed by atoms with Gasteiger partial charge in [0.25, 0.3) is 0 Å². The molecular weight excluding hydrogens is 495 g/mol. The minimum atomic E-state index is -0.593. The number of imidazole rings is 1. The average molecular weight is 517 g/mol. The summed E-state index contributed by atoms with van der Waals surface area (Å²) in [6, 6.07) is 31.0. The van der Waals surface area contributed by atoms with Crippen molar-refractivity contribution in [1.29, 1.82) is 0 Å². The number of nitrogens with zero attached hydrogens (tertiary/aromatic N) is 3. The third kappa shape index (κ3) is 5.00. The number of rotatable bonds is 6. The molecule has 6 nitrogen and oxygen atoms in total. The van der Waals surface area contributed by atoms with Gasteiger partial charge in [0.1, 0.15) is 0 Å². The number of hydrazine groups is 1. The molecule has 1 N–H and O–H groups in total. The molecule has 36 heavy (non-hydrogen) atoms. The number of amides is 1. The fraction of sp³-hybridized carbons (Fsp3) is 0.0714. The Balaban J connectivity index is 1.54. The van der Waals surface area contributed by atoms with Crippen molar-refractivity contribution >= 4 is 46.0 Å². The molecule has 0 saturated carbocycles. The standard InChI is InChI=1S/C28H22Cl2N4O2/c29-22-11-14-24(15-12-22)33(19-21-9-5-2-6-10-21)31-27(35)34-26-17-23(30)13-16-25(26)32(28(34)36)18-20-7-3-1-4-8-20/h1-17H,18-19H2,(H,31,35). The number of carbonyl (C=O) groups excluding carboxylic acids is 1. The number of halogens is 2. The summed E-state index contributed by atoms with van der Waals surface area (Å²) in [7, 11) is 0. The van der Waals surface area contributed by atoms with Crippen molar-refractivity contribution in [1.82, 2.24) is 14.6 Å². The molecule has 8 heteroatoms. The lowest BCUT2D eigenvalue weighted by Crippen LogP contribution is -2.47. The molecule has 0 unspecified atom stereocenters. The lowest BCUT2D eigenvalue weighted by atomic mass is 10.2. The number of hydrogen-bond donors (Lipinski definition) is 1. The number of fused-ring (bicyclic) bond motifs is 1. The third-order valence-corrected chi connectivity index (χ3v) is 6.32. The molecule has 0 aliphatic carbocycles. The maximum atomic E-state index is 13.6. The SMILES string of the molecule is O=C(NN(Cc1ccccc1)c1ccc(Cl)cc1)n1c(=O)n(Cc2ccccc2)c2ccc(Cl)cc21. The molecule has 0 bridgehead atoms. The van der Waals surface area contributed by atoms with E-state index < -0.39 is 11.7 Å². The number of nitrogens with one attached hydrogen (secondary N) is 1. The molecule has 5 rings (SSSR count). The summed E-state index contributed by atoms with van der Waals surface area (Å²) in [5.41, 5.74) is 6.14. The quantitative estimate of drug-likeness (QED) is 0.268. The Morgan fingerprint density at radius 3 is 2.03 bits per heavy atom. The van der Waals surface area contributed by atoms with E-state index in [-0.39, 0.29) is 0 Å². The molecule has 1 amide bonds. The summed E-state index contributed by atoms with van der Waals surface area (Å²) in [4.78, 5) is 27.2. The van der Waals surface area contributed by atoms with Gasteiger partial charge in [0, 0.05) is 10.0 Å². The van der Waals surface area contributed by atoms with Gasteiger partial charge in [0.15, 0.2) is 0 Å². The highest BCUT2D eigenvalue weighted by atomic mass is 35.5. The summed E-state index contributed by atoms with van der Waals surface area (Å²) in [6.45, 7) is 0.704. The molecule has 1 aromatic heterocycles. The first-order valence-electron chi connectivity index (χ1n) is 11.3. The van der Waals surface area contributed by atoms with E-state index in [1.54, 1.807) is 39.9 Å². The molecule has 5 aromatic rings. The highest BCUT2D eigenvalue weighted by Crippen LogP contribution is 2.22. The van der Waals surface area contributed by atoms with E-state index in [4.69, 9.17) is 23.2 Å². The normalized spacial score (nSPS) is 10.9. The van der Waals surface area contributed by atoms with Gasteiger partial charge in [0.2, 0.25) is 0 Å². The molecular formula is C28H22Cl2N4O2. The molecule has 0 aliphatic heterocycles. The second kappa shape index (κ2) is 10.3. The Morgan fingerprint density at radius 2 is 1.36 bits per heavy atom. The third-order valence-electron chi connectivity index (χ3n) is 5.83. The second-order valence-corrected chi connectivity index (χ2v) is 9.16. The Kier molecular flexibility index (Phi) is 6.80. The van der Waals surface area contributed by atoms with Crippen LogP contribution in [0.1, 0.15) is 11.1 Å². The van der Waals surface area contributed by atoms with Crippen LogP contribution in [0.3, 0.4) is 0 Å². The number of benzene rings is 4. The van der Waals surface area contributed by atoms with Gasteiger partial charge >= 0.3 is 11.7 Å². The van der Waals surface area contributed by atoms with E-state index in [1.807, 2.05) is 72.8 Å². The predicted molar refractivity (Wildman–Crippen MR) is 145 cm³/mol. The summed E-state index contributed by atoms with van der Waals surface area (Å²) < 4.78 is 2.70. The maximum absolute atomic E-state index is 13.6. The Labute approximate surface area is 217 Å². The van der Waals surface area contributed by atoms with Crippen LogP contribution in [0.2, 0.25) is 10.0 Å². The van der Waals surface area contributed by atoms with Crippen molar-refractivity contribution in [3.05, 3.63) is 135 Å². The first-order chi connectivity index (χ1) is 17.5. The van der Waals surface area contributed by atoms with Crippen molar-refractivity contribution in [2.45, 2.75) is 13.1 Å². The number of anilines is 1. The van der Waals surface area contributed by atoms with Crippen molar-refractivity contribution < 1.29 is 4.79 Å². The molecule has 0 saturated heterocycles. The van der Waals surface area contributed by atoms with Crippen LogP contribution >= 0.6 is 23.2 Å². The zero-order valence-electron chi connectivity index (χ0n) is 19.1. The summed E-state index contributed by atoms with van der Waals surface area (Å²) >= 11 is 12.3. The van der Waals surface area contributed by atoms with Crippen LogP contribution in [0.15, 0.2) is 108 Å². The van der Waals surface area contributed by atoms with Crippen LogP contribution in [0.25, 0.3) is 11.0 Å². The molecule has 0 radical (unpaired) electrons. The fourth-order valence-corrected chi connectivity index (χ4v) is 4.39. The smallest absolute Gasteiger partial charge is 0.287 e. The number of carbonyl (C=O) groups is 1. The first kappa shape index (κ1) is 23.7. The Hall–Kier alpha value is -4.00. The van der Waals surface area contributed by atoms with Crippen LogP contribution in [0, 0.1) is 0 Å². The zero-order chi connectivity index (χ0) is 25.1. The molecule has 4 aromatic carbocycles. The van der Waals surface area contributed by atoms with Crippen molar-refractivity contribution in [3.8, 4) is 0 Å². The fourth-order valence-electron chi connectivity index (χ4n) is 4.09. The maximum Gasteiger partial charge on any atom is 0.349 e. The largest absolute Gasteiger partial charge is 0.349 e. The van der Waals surface area contributed by atoms with Gasteiger partial charge in [-0.25, -0.2) is 19.6 Å². The molecule has 0 spiro atoms. The van der Waals surface area contributed by atoms with Gasteiger partial charge in [-0.1, -0.05) is 83.9 Å². The molecule has 1 heterocycles. The second-order valence-electron chi connectivity index (χ2n) is 8.29. The van der Waals surface area contributed by atoms with Crippen LogP contribution in [-0.4, -0.2) is 15.2 Å². The van der Waals surface area contributed by atoms with E-state index >= 15 is 0 Å². The molecule has 0 aliphatic rings. The lowest BCUT2D eigenvalue weighted by Gasteiger charge is -2.25. The van der Waals surface area contributed by atoms with Crippen molar-refractivity contribution in [2.24, 2.45) is 0 Å². The lowest BCUT2D eigenvalue weighted by molar-refractivity contribution is 0.241. The molecule has 0 fully saturated rings. The first-order valence-corrected chi connectivity index (χ1v) is 12.1. The predicted octanol–water partition coefficient (Wildman–Crippen LogP) is 6.34. The topological polar surface area (TPSA) is 59.3 Å². The van der Waals surface area contributed by atoms with E-state index in [9.17, 15) is 9.59 Å². The monoisotopic (exact) mass is 516 g/mol. The zero-order valence-corrected chi connectivity index (χ0v) is 20.7. The van der Waals surface area contributed by atoms with E-state index in [1.165, 1.54) is 0 Å². The van der Waals surface area contributed by atoms with Gasteiger partial charge in [-0.2, -0.15) is 0 Å². The van der Waals surface area contributed by atoms with Crippen molar-refractivity contribution in [2.75, 3.05) is 5.01 Å². The van der Waals surface area contributed by atoms with E-state index in [0.29, 0.717) is 34.2 Å². The summed E-state index contributed by atoms with van der Waals surface area (Å²) in [6.07, 6.45) is 0. The average Bonchev–Trinajstić information content (AvgIpc) is 3.15. The van der Waals surface area contributed by atoms with E-state index in [0.717, 1.165) is 21.4 Å². The van der Waals surface area contributed by atoms with Crippen LogP contribution in [0.4, 0.5) is 10.5 Å². The molecule has 0 atom stereocenters. The van der Waals surface area contributed by atoms with Gasteiger partial charge in [-0.05, 0) is 53.6 Å². The van der Waals surface area contributed by atoms with Crippen LogP contribution in [0.5, 0.6) is 0 Å². The number of hydrogen-bond acceptors (Lipinski definition) is 3. The summed E-state index contributed by atoms with van der Waals surface area (Å²) in [5, 5.41) is 2.70. The minimum absolute atomic E-state index is 0.322. The molecule has 180 valence electrons.